The molecule has 94 valence electrons. The number of rotatable bonds is 2. The zero-order valence-corrected chi connectivity index (χ0v) is 10.9. The molecule has 2 aromatic carbocycles. The molecule has 1 N–H and O–H groups in total. The van der Waals surface area contributed by atoms with Crippen molar-refractivity contribution in [1.82, 2.24) is 0 Å². The summed E-state index contributed by atoms with van der Waals surface area (Å²) < 4.78 is 0. The molecule has 3 heteroatoms. The number of para-hydroxylation sites is 1. The number of nitrogens with one attached hydrogen (secondary N) is 1. The number of hydrogen-bond acceptors (Lipinski definition) is 3. The summed E-state index contributed by atoms with van der Waals surface area (Å²) in [6.45, 7) is 1.72. The molecule has 2 aromatic rings. The van der Waals surface area contributed by atoms with Crippen LogP contribution in [0.2, 0.25) is 0 Å². The summed E-state index contributed by atoms with van der Waals surface area (Å²) in [5, 5.41) is 12.4. The number of hydrogen-bond donors (Lipinski definition) is 1. The van der Waals surface area contributed by atoms with E-state index in [1.807, 2.05) is 31.3 Å². The van der Waals surface area contributed by atoms with Crippen molar-refractivity contribution < 1.29 is 0 Å². The van der Waals surface area contributed by atoms with Gasteiger partial charge in [-0.2, -0.15) is 5.26 Å². The lowest BCUT2D eigenvalue weighted by molar-refractivity contribution is 0.879. The predicted octanol–water partition coefficient (Wildman–Crippen LogP) is 3.12. The first-order valence-electron chi connectivity index (χ1n) is 6.36. The van der Waals surface area contributed by atoms with Gasteiger partial charge in [0.25, 0.3) is 0 Å². The third kappa shape index (κ3) is 1.92. The van der Waals surface area contributed by atoms with Crippen molar-refractivity contribution in [2.75, 3.05) is 17.3 Å². The molecule has 3 nitrogen and oxygen atoms in total. The molecular formula is C16H15N3. The van der Waals surface area contributed by atoms with E-state index < -0.39 is 0 Å². The van der Waals surface area contributed by atoms with Crippen LogP contribution >= 0.6 is 0 Å². The van der Waals surface area contributed by atoms with E-state index in [9.17, 15) is 5.26 Å². The molecule has 0 atom stereocenters. The molecule has 0 saturated carbocycles. The maximum atomic E-state index is 9.21. The Morgan fingerprint density at radius 2 is 1.95 bits per heavy atom. The molecule has 0 bridgehead atoms. The molecule has 1 heterocycles. The summed E-state index contributed by atoms with van der Waals surface area (Å²) in [7, 11) is 1.95. The van der Waals surface area contributed by atoms with Gasteiger partial charge >= 0.3 is 0 Å². The van der Waals surface area contributed by atoms with E-state index in [4.69, 9.17) is 0 Å². The lowest BCUT2D eigenvalue weighted by atomic mass is 10.1. The van der Waals surface area contributed by atoms with Gasteiger partial charge in [-0.1, -0.05) is 24.3 Å². The average Bonchev–Trinajstić information content (AvgIpc) is 2.90. The fourth-order valence-corrected chi connectivity index (χ4v) is 2.67. The van der Waals surface area contributed by atoms with Crippen molar-refractivity contribution >= 4 is 11.4 Å². The van der Waals surface area contributed by atoms with Crippen molar-refractivity contribution in [2.24, 2.45) is 0 Å². The molecule has 1 aliphatic rings. The number of anilines is 2. The minimum atomic E-state index is 0.737. The van der Waals surface area contributed by atoms with Crippen LogP contribution in [0.1, 0.15) is 16.7 Å². The fourth-order valence-electron chi connectivity index (χ4n) is 2.67. The second-order valence-electron chi connectivity index (χ2n) is 4.68. The normalized spacial score (nSPS) is 12.9. The van der Waals surface area contributed by atoms with Gasteiger partial charge in [-0.15, -0.1) is 0 Å². The minimum absolute atomic E-state index is 0.737. The standard InChI is InChI=1S/C16H15N3/c1-18-15-7-4-6-13-10-19(11-14(13)15)16-8-3-2-5-12(16)9-17/h2-8,18H,10-11H2,1H3. The van der Waals surface area contributed by atoms with E-state index in [-0.39, 0.29) is 0 Å². The van der Waals surface area contributed by atoms with Gasteiger partial charge in [0.15, 0.2) is 0 Å². The van der Waals surface area contributed by atoms with Gasteiger partial charge in [0.05, 0.1) is 11.3 Å². The summed E-state index contributed by atoms with van der Waals surface area (Å²) in [6, 6.07) is 16.4. The Morgan fingerprint density at radius 1 is 1.11 bits per heavy atom. The maximum absolute atomic E-state index is 9.21. The van der Waals surface area contributed by atoms with Crippen LogP contribution in [0, 0.1) is 11.3 Å². The number of nitriles is 1. The van der Waals surface area contributed by atoms with Crippen molar-refractivity contribution in [3.8, 4) is 6.07 Å². The third-order valence-electron chi connectivity index (χ3n) is 3.62. The van der Waals surface area contributed by atoms with Crippen molar-refractivity contribution in [3.05, 3.63) is 59.2 Å². The highest BCUT2D eigenvalue weighted by molar-refractivity contribution is 5.65. The van der Waals surface area contributed by atoms with Crippen molar-refractivity contribution in [3.63, 3.8) is 0 Å². The van der Waals surface area contributed by atoms with E-state index in [2.05, 4.69) is 34.5 Å². The molecular weight excluding hydrogens is 234 g/mol. The average molecular weight is 249 g/mol. The summed E-state index contributed by atoms with van der Waals surface area (Å²) in [5.74, 6) is 0. The van der Waals surface area contributed by atoms with Crippen LogP contribution in [-0.4, -0.2) is 7.05 Å². The smallest absolute Gasteiger partial charge is 0.101 e. The Kier molecular flexibility index (Phi) is 2.85. The highest BCUT2D eigenvalue weighted by atomic mass is 15.1. The van der Waals surface area contributed by atoms with E-state index >= 15 is 0 Å². The van der Waals surface area contributed by atoms with Crippen LogP contribution in [0.4, 0.5) is 11.4 Å². The summed E-state index contributed by atoms with van der Waals surface area (Å²) >= 11 is 0. The molecule has 0 unspecified atom stereocenters. The van der Waals surface area contributed by atoms with E-state index in [1.54, 1.807) is 0 Å². The lowest BCUT2D eigenvalue weighted by Gasteiger charge is -2.19. The first-order valence-corrected chi connectivity index (χ1v) is 6.36. The summed E-state index contributed by atoms with van der Waals surface area (Å²) in [6.07, 6.45) is 0. The number of nitrogens with zero attached hydrogens (tertiary/aromatic N) is 2. The topological polar surface area (TPSA) is 39.1 Å². The van der Waals surface area contributed by atoms with Crippen LogP contribution in [0.25, 0.3) is 0 Å². The highest BCUT2D eigenvalue weighted by Crippen LogP contribution is 2.33. The molecule has 0 amide bonds. The van der Waals surface area contributed by atoms with Gasteiger partial charge in [0, 0.05) is 25.8 Å². The first-order chi connectivity index (χ1) is 9.33. The Morgan fingerprint density at radius 3 is 2.74 bits per heavy atom. The SMILES string of the molecule is CNc1cccc2c1CN(c1ccccc1C#N)C2. The van der Waals surface area contributed by atoms with Gasteiger partial charge in [0.1, 0.15) is 6.07 Å². The zero-order valence-electron chi connectivity index (χ0n) is 10.9. The Labute approximate surface area is 113 Å². The first kappa shape index (κ1) is 11.6. The fraction of sp³-hybridized carbons (Fsp3) is 0.188. The summed E-state index contributed by atoms with van der Waals surface area (Å²) in [5.41, 5.74) is 5.59. The van der Waals surface area contributed by atoms with Gasteiger partial charge in [0.2, 0.25) is 0 Å². The summed E-state index contributed by atoms with van der Waals surface area (Å²) in [4.78, 5) is 2.25. The Bertz CT molecular complexity index is 655. The van der Waals surface area contributed by atoms with Crippen LogP contribution in [0.15, 0.2) is 42.5 Å². The molecule has 0 aromatic heterocycles. The number of benzene rings is 2. The quantitative estimate of drug-likeness (QED) is 0.888. The highest BCUT2D eigenvalue weighted by Gasteiger charge is 2.22. The molecule has 0 spiro atoms. The van der Waals surface area contributed by atoms with E-state index in [0.29, 0.717) is 0 Å². The molecule has 0 aliphatic carbocycles. The van der Waals surface area contributed by atoms with E-state index in [0.717, 1.165) is 24.3 Å². The molecule has 1 aliphatic heterocycles. The van der Waals surface area contributed by atoms with Crippen LogP contribution in [0.5, 0.6) is 0 Å². The van der Waals surface area contributed by atoms with Crippen molar-refractivity contribution in [1.29, 1.82) is 5.26 Å². The second-order valence-corrected chi connectivity index (χ2v) is 4.68. The van der Waals surface area contributed by atoms with Gasteiger partial charge < -0.3 is 10.2 Å². The van der Waals surface area contributed by atoms with E-state index in [1.165, 1.54) is 16.8 Å². The molecule has 3 rings (SSSR count). The van der Waals surface area contributed by atoms with Crippen LogP contribution < -0.4 is 10.2 Å². The van der Waals surface area contributed by atoms with Crippen LogP contribution in [0.3, 0.4) is 0 Å². The maximum Gasteiger partial charge on any atom is 0.101 e. The van der Waals surface area contributed by atoms with Gasteiger partial charge in [-0.25, -0.2) is 0 Å². The Balaban J connectivity index is 1.98. The second kappa shape index (κ2) is 4.66. The molecule has 0 fully saturated rings. The van der Waals surface area contributed by atoms with Crippen molar-refractivity contribution in [2.45, 2.75) is 13.1 Å². The molecule has 19 heavy (non-hydrogen) atoms. The third-order valence-corrected chi connectivity index (χ3v) is 3.62. The lowest BCUT2D eigenvalue weighted by Crippen LogP contribution is -2.15. The monoisotopic (exact) mass is 249 g/mol. The van der Waals surface area contributed by atoms with Gasteiger partial charge in [-0.3, -0.25) is 0 Å². The zero-order chi connectivity index (χ0) is 13.2. The Hall–Kier alpha value is -2.47. The molecule has 0 saturated heterocycles. The number of fused-ring (bicyclic) bond motifs is 1. The molecule has 0 radical (unpaired) electrons. The largest absolute Gasteiger partial charge is 0.388 e. The minimum Gasteiger partial charge on any atom is -0.388 e. The van der Waals surface area contributed by atoms with Crippen LogP contribution in [-0.2, 0) is 13.1 Å². The van der Waals surface area contributed by atoms with Gasteiger partial charge in [-0.05, 0) is 29.3 Å². The predicted molar refractivity (Wildman–Crippen MR) is 77.0 cm³/mol.